The van der Waals surface area contributed by atoms with E-state index in [1.807, 2.05) is 11.8 Å². The summed E-state index contributed by atoms with van der Waals surface area (Å²) in [6.07, 6.45) is 4.20. The Labute approximate surface area is 116 Å². The Morgan fingerprint density at radius 1 is 0.529 bits per heavy atom. The molecular weight excluding hydrogens is 264 g/mol. The standard InChI is InChI=1S/C14H14S3/c1-15-11-3-7-13(8-4-11)17-14-9-5-12(16-2)6-10-14/h3-10H,1-2H3. The van der Waals surface area contributed by atoms with Crippen LogP contribution in [0.1, 0.15) is 0 Å². The van der Waals surface area contributed by atoms with Gasteiger partial charge in [-0.1, -0.05) is 11.8 Å². The Kier molecular flexibility index (Phi) is 4.89. The Bertz CT molecular complexity index is 414. The molecule has 0 saturated carbocycles. The van der Waals surface area contributed by atoms with Crippen molar-refractivity contribution in [2.45, 2.75) is 19.6 Å². The molecule has 0 atom stereocenters. The predicted octanol–water partition coefficient (Wildman–Crippen LogP) is 5.28. The van der Waals surface area contributed by atoms with Crippen molar-refractivity contribution in [3.63, 3.8) is 0 Å². The van der Waals surface area contributed by atoms with E-state index in [1.165, 1.54) is 19.6 Å². The zero-order chi connectivity index (χ0) is 12.1. The van der Waals surface area contributed by atoms with Gasteiger partial charge in [-0.05, 0) is 61.0 Å². The number of benzene rings is 2. The number of hydrogen-bond acceptors (Lipinski definition) is 3. The van der Waals surface area contributed by atoms with E-state index >= 15 is 0 Å². The van der Waals surface area contributed by atoms with Crippen LogP contribution in [0.5, 0.6) is 0 Å². The average Bonchev–Trinajstić information content (AvgIpc) is 2.40. The molecular formula is C14H14S3. The lowest BCUT2D eigenvalue weighted by Gasteiger charge is -2.03. The predicted molar refractivity (Wildman–Crippen MR) is 80.6 cm³/mol. The minimum absolute atomic E-state index is 1.29. The molecule has 0 fully saturated rings. The van der Waals surface area contributed by atoms with E-state index < -0.39 is 0 Å². The maximum absolute atomic E-state index is 2.18. The molecule has 0 aliphatic carbocycles. The van der Waals surface area contributed by atoms with Crippen molar-refractivity contribution in [3.8, 4) is 0 Å². The van der Waals surface area contributed by atoms with Gasteiger partial charge >= 0.3 is 0 Å². The molecule has 2 aromatic carbocycles. The smallest absolute Gasteiger partial charge is 0.0123 e. The van der Waals surface area contributed by atoms with Crippen molar-refractivity contribution >= 4 is 35.3 Å². The van der Waals surface area contributed by atoms with Gasteiger partial charge in [-0.15, -0.1) is 23.5 Å². The maximum Gasteiger partial charge on any atom is 0.0123 e. The van der Waals surface area contributed by atoms with E-state index in [0.29, 0.717) is 0 Å². The van der Waals surface area contributed by atoms with Gasteiger partial charge in [0, 0.05) is 19.6 Å². The summed E-state index contributed by atoms with van der Waals surface area (Å²) in [6.45, 7) is 0. The Morgan fingerprint density at radius 3 is 1.12 bits per heavy atom. The SMILES string of the molecule is CSc1ccc(Sc2ccc(SC)cc2)cc1. The van der Waals surface area contributed by atoms with Crippen LogP contribution in [0.15, 0.2) is 68.1 Å². The van der Waals surface area contributed by atoms with Gasteiger partial charge in [-0.25, -0.2) is 0 Å². The summed E-state index contributed by atoms with van der Waals surface area (Å²) >= 11 is 5.36. The highest BCUT2D eigenvalue weighted by atomic mass is 32.2. The van der Waals surface area contributed by atoms with E-state index in [1.54, 1.807) is 23.5 Å². The highest BCUT2D eigenvalue weighted by Crippen LogP contribution is 2.30. The summed E-state index contributed by atoms with van der Waals surface area (Å²) in [5.74, 6) is 0. The van der Waals surface area contributed by atoms with E-state index in [9.17, 15) is 0 Å². The van der Waals surface area contributed by atoms with Gasteiger partial charge in [-0.2, -0.15) is 0 Å². The molecule has 0 radical (unpaired) electrons. The molecule has 2 rings (SSSR count). The third-order valence-corrected chi connectivity index (χ3v) is 4.86. The first kappa shape index (κ1) is 12.9. The minimum atomic E-state index is 1.29. The molecule has 0 heterocycles. The molecule has 0 aliphatic heterocycles. The Balaban J connectivity index is 2.08. The van der Waals surface area contributed by atoms with Crippen molar-refractivity contribution in [2.75, 3.05) is 12.5 Å². The molecule has 2 aromatic rings. The fraction of sp³-hybridized carbons (Fsp3) is 0.143. The van der Waals surface area contributed by atoms with Crippen LogP contribution in [0, 0.1) is 0 Å². The van der Waals surface area contributed by atoms with Crippen LogP contribution < -0.4 is 0 Å². The Morgan fingerprint density at radius 2 is 0.824 bits per heavy atom. The molecule has 0 saturated heterocycles. The lowest BCUT2D eigenvalue weighted by Crippen LogP contribution is -1.75. The van der Waals surface area contributed by atoms with Gasteiger partial charge in [-0.3, -0.25) is 0 Å². The van der Waals surface area contributed by atoms with Crippen molar-refractivity contribution in [1.29, 1.82) is 0 Å². The Hall–Kier alpha value is -0.510. The van der Waals surface area contributed by atoms with Crippen LogP contribution in [0.3, 0.4) is 0 Å². The third-order valence-electron chi connectivity index (χ3n) is 2.35. The summed E-state index contributed by atoms with van der Waals surface area (Å²) in [4.78, 5) is 5.21. The number of rotatable bonds is 4. The van der Waals surface area contributed by atoms with Crippen LogP contribution in [-0.4, -0.2) is 12.5 Å². The molecule has 3 heteroatoms. The molecule has 0 aromatic heterocycles. The molecule has 0 nitrogen and oxygen atoms in total. The van der Waals surface area contributed by atoms with Gasteiger partial charge in [0.1, 0.15) is 0 Å². The van der Waals surface area contributed by atoms with Crippen LogP contribution in [-0.2, 0) is 0 Å². The largest absolute Gasteiger partial charge is 0.130 e. The van der Waals surface area contributed by atoms with Crippen molar-refractivity contribution < 1.29 is 0 Å². The van der Waals surface area contributed by atoms with Crippen LogP contribution >= 0.6 is 35.3 Å². The second kappa shape index (κ2) is 6.43. The van der Waals surface area contributed by atoms with Crippen molar-refractivity contribution in [2.24, 2.45) is 0 Å². The molecule has 0 N–H and O–H groups in total. The first-order valence-corrected chi connectivity index (χ1v) is 8.54. The van der Waals surface area contributed by atoms with Gasteiger partial charge in [0.2, 0.25) is 0 Å². The quantitative estimate of drug-likeness (QED) is 0.698. The molecule has 17 heavy (non-hydrogen) atoms. The topological polar surface area (TPSA) is 0 Å². The van der Waals surface area contributed by atoms with Crippen molar-refractivity contribution in [3.05, 3.63) is 48.5 Å². The van der Waals surface area contributed by atoms with Gasteiger partial charge in [0.05, 0.1) is 0 Å². The lowest BCUT2D eigenvalue weighted by atomic mass is 10.4. The van der Waals surface area contributed by atoms with E-state index in [0.717, 1.165) is 0 Å². The molecule has 0 bridgehead atoms. The molecule has 0 spiro atoms. The van der Waals surface area contributed by atoms with Crippen molar-refractivity contribution in [1.82, 2.24) is 0 Å². The highest BCUT2D eigenvalue weighted by molar-refractivity contribution is 7.99. The summed E-state index contributed by atoms with van der Waals surface area (Å²) in [5.41, 5.74) is 0. The molecule has 88 valence electrons. The van der Waals surface area contributed by atoms with Gasteiger partial charge in [0.15, 0.2) is 0 Å². The lowest BCUT2D eigenvalue weighted by molar-refractivity contribution is 1.32. The maximum atomic E-state index is 2.18. The van der Waals surface area contributed by atoms with Gasteiger partial charge < -0.3 is 0 Å². The number of thioether (sulfide) groups is 2. The first-order valence-electron chi connectivity index (χ1n) is 5.28. The molecule has 0 aliphatic rings. The first-order chi connectivity index (χ1) is 8.31. The number of hydrogen-bond donors (Lipinski definition) is 0. The summed E-state index contributed by atoms with van der Waals surface area (Å²) in [7, 11) is 0. The third kappa shape index (κ3) is 3.73. The summed E-state index contributed by atoms with van der Waals surface area (Å²) < 4.78 is 0. The second-order valence-corrected chi connectivity index (χ2v) is 6.36. The summed E-state index contributed by atoms with van der Waals surface area (Å²) in [5, 5.41) is 0. The van der Waals surface area contributed by atoms with Gasteiger partial charge in [0.25, 0.3) is 0 Å². The highest BCUT2D eigenvalue weighted by Gasteiger charge is 1.98. The average molecular weight is 278 g/mol. The minimum Gasteiger partial charge on any atom is -0.130 e. The van der Waals surface area contributed by atoms with E-state index in [4.69, 9.17) is 0 Å². The summed E-state index contributed by atoms with van der Waals surface area (Å²) in [6, 6.07) is 17.4. The zero-order valence-electron chi connectivity index (χ0n) is 9.84. The normalized spacial score (nSPS) is 10.5. The van der Waals surface area contributed by atoms with Crippen LogP contribution in [0.4, 0.5) is 0 Å². The van der Waals surface area contributed by atoms with E-state index in [2.05, 4.69) is 61.0 Å². The zero-order valence-corrected chi connectivity index (χ0v) is 12.3. The fourth-order valence-corrected chi connectivity index (χ4v) is 3.06. The molecule has 0 amide bonds. The second-order valence-electron chi connectivity index (χ2n) is 3.45. The van der Waals surface area contributed by atoms with E-state index in [-0.39, 0.29) is 0 Å². The van der Waals surface area contributed by atoms with Crippen LogP contribution in [0.2, 0.25) is 0 Å². The molecule has 0 unspecified atom stereocenters. The monoisotopic (exact) mass is 278 g/mol. The van der Waals surface area contributed by atoms with Crippen LogP contribution in [0.25, 0.3) is 0 Å². The fourth-order valence-electron chi connectivity index (χ4n) is 1.42.